The summed E-state index contributed by atoms with van der Waals surface area (Å²) in [6, 6.07) is 19.5. The second-order valence-electron chi connectivity index (χ2n) is 8.70. The van der Waals surface area contributed by atoms with Crippen molar-refractivity contribution in [2.24, 2.45) is 5.92 Å². The van der Waals surface area contributed by atoms with Gasteiger partial charge in [-0.15, -0.1) is 0 Å². The topological polar surface area (TPSA) is 67.9 Å². The fraction of sp³-hybridized carbons (Fsp3) is 0.462. The van der Waals surface area contributed by atoms with Gasteiger partial charge in [-0.3, -0.25) is 9.59 Å². The second kappa shape index (κ2) is 10.6. The third-order valence-electron chi connectivity index (χ3n) is 6.73. The Balaban J connectivity index is 1.25. The van der Waals surface area contributed by atoms with Crippen molar-refractivity contribution in [1.82, 2.24) is 10.2 Å². The summed E-state index contributed by atoms with van der Waals surface area (Å²) in [5.41, 5.74) is 0.560. The first-order chi connectivity index (χ1) is 15.7. The minimum Gasteiger partial charge on any atom is -0.484 e. The van der Waals surface area contributed by atoms with Crippen molar-refractivity contribution in [2.75, 3.05) is 39.5 Å². The summed E-state index contributed by atoms with van der Waals surface area (Å²) < 4.78 is 11.1. The first kappa shape index (κ1) is 22.3. The molecule has 6 nitrogen and oxygen atoms in total. The maximum absolute atomic E-state index is 13.3. The molecule has 0 spiro atoms. The van der Waals surface area contributed by atoms with Crippen LogP contribution in [0.5, 0.6) is 5.75 Å². The Labute approximate surface area is 189 Å². The van der Waals surface area contributed by atoms with E-state index in [1.165, 1.54) is 0 Å². The van der Waals surface area contributed by atoms with Gasteiger partial charge < -0.3 is 19.7 Å². The molecule has 2 aromatic rings. The number of hydrogen-bond acceptors (Lipinski definition) is 4. The molecule has 0 saturated carbocycles. The van der Waals surface area contributed by atoms with Gasteiger partial charge >= 0.3 is 0 Å². The molecule has 1 N–H and O–H groups in total. The summed E-state index contributed by atoms with van der Waals surface area (Å²) >= 11 is 0. The molecule has 0 aromatic heterocycles. The highest BCUT2D eigenvalue weighted by atomic mass is 16.5. The van der Waals surface area contributed by atoms with E-state index in [1.54, 1.807) is 0 Å². The van der Waals surface area contributed by atoms with Crippen LogP contribution in [0, 0.1) is 5.92 Å². The highest BCUT2D eigenvalue weighted by molar-refractivity contribution is 5.88. The van der Waals surface area contributed by atoms with Crippen molar-refractivity contribution in [2.45, 2.75) is 31.1 Å². The largest absolute Gasteiger partial charge is 0.484 e. The molecule has 2 heterocycles. The Morgan fingerprint density at radius 3 is 2.25 bits per heavy atom. The van der Waals surface area contributed by atoms with Gasteiger partial charge in [-0.05, 0) is 49.3 Å². The van der Waals surface area contributed by atoms with Crippen LogP contribution >= 0.6 is 0 Å². The average Bonchev–Trinajstić information content (AvgIpc) is 2.87. The second-order valence-corrected chi connectivity index (χ2v) is 8.70. The zero-order valence-electron chi connectivity index (χ0n) is 18.5. The molecule has 0 atom stereocenters. The van der Waals surface area contributed by atoms with Crippen molar-refractivity contribution >= 4 is 11.8 Å². The number of carbonyl (C=O) groups is 2. The van der Waals surface area contributed by atoms with Gasteiger partial charge in [0.1, 0.15) is 5.75 Å². The minimum absolute atomic E-state index is 0.0153. The number of rotatable bonds is 7. The number of hydrogen-bond donors (Lipinski definition) is 1. The first-order valence-electron chi connectivity index (χ1n) is 11.5. The van der Waals surface area contributed by atoms with Gasteiger partial charge in [-0.25, -0.2) is 0 Å². The van der Waals surface area contributed by atoms with Crippen LogP contribution in [0.25, 0.3) is 0 Å². The van der Waals surface area contributed by atoms with Gasteiger partial charge in [0, 0.05) is 32.8 Å². The molecule has 2 aliphatic heterocycles. The van der Waals surface area contributed by atoms with E-state index in [0.717, 1.165) is 18.4 Å². The number of benzene rings is 2. The summed E-state index contributed by atoms with van der Waals surface area (Å²) in [7, 11) is 0. The van der Waals surface area contributed by atoms with E-state index in [9.17, 15) is 9.59 Å². The Hall–Kier alpha value is -2.86. The van der Waals surface area contributed by atoms with Gasteiger partial charge in [0.25, 0.3) is 5.91 Å². The van der Waals surface area contributed by atoms with E-state index in [1.807, 2.05) is 65.6 Å². The Morgan fingerprint density at radius 2 is 1.59 bits per heavy atom. The molecule has 170 valence electrons. The molecule has 2 amide bonds. The van der Waals surface area contributed by atoms with Crippen LogP contribution in [0.3, 0.4) is 0 Å². The normalized spacial score (nSPS) is 18.7. The molecule has 0 aliphatic carbocycles. The number of para-hydroxylation sites is 1. The monoisotopic (exact) mass is 436 g/mol. The van der Waals surface area contributed by atoms with E-state index in [0.29, 0.717) is 57.4 Å². The predicted molar refractivity (Wildman–Crippen MR) is 122 cm³/mol. The number of nitrogens with one attached hydrogen (secondary N) is 1. The van der Waals surface area contributed by atoms with Crippen LogP contribution in [0.1, 0.15) is 31.2 Å². The average molecular weight is 437 g/mol. The highest BCUT2D eigenvalue weighted by Gasteiger charge is 2.41. The zero-order chi connectivity index (χ0) is 22.2. The molecular formula is C26H32N2O4. The number of carbonyl (C=O) groups excluding carboxylic acids is 2. The lowest BCUT2D eigenvalue weighted by Gasteiger charge is -2.37. The lowest BCUT2D eigenvalue weighted by molar-refractivity contribution is -0.135. The summed E-state index contributed by atoms with van der Waals surface area (Å²) in [6.45, 7) is 3.33. The third-order valence-corrected chi connectivity index (χ3v) is 6.73. The maximum Gasteiger partial charge on any atom is 0.260 e. The van der Waals surface area contributed by atoms with E-state index in [-0.39, 0.29) is 18.4 Å². The number of ether oxygens (including phenoxy) is 2. The first-order valence-corrected chi connectivity index (χ1v) is 11.5. The SMILES string of the molecule is O=C(COc1ccccc1)N1CCC(CNC(=O)C2(c3ccccc3)CCOCC2)CC1. The van der Waals surface area contributed by atoms with Crippen molar-refractivity contribution in [3.63, 3.8) is 0 Å². The predicted octanol–water partition coefficient (Wildman–Crippen LogP) is 3.17. The molecule has 2 aromatic carbocycles. The Kier molecular flexibility index (Phi) is 7.43. The number of nitrogens with zero attached hydrogens (tertiary/aromatic N) is 1. The standard InChI is InChI=1S/C26H32N2O4/c29-24(20-32-23-9-5-2-6-10-23)28-15-11-21(12-16-28)19-27-25(30)26(13-17-31-18-14-26)22-7-3-1-4-8-22/h1-10,21H,11-20H2,(H,27,30). The van der Waals surface area contributed by atoms with Crippen molar-refractivity contribution in [3.8, 4) is 5.75 Å². The van der Waals surface area contributed by atoms with E-state index in [2.05, 4.69) is 5.32 Å². The van der Waals surface area contributed by atoms with Crippen LogP contribution in [0.4, 0.5) is 0 Å². The summed E-state index contributed by atoms with van der Waals surface area (Å²) in [6.07, 6.45) is 3.19. The Bertz CT molecular complexity index is 873. The van der Waals surface area contributed by atoms with Crippen LogP contribution in [0.15, 0.2) is 60.7 Å². The molecule has 32 heavy (non-hydrogen) atoms. The van der Waals surface area contributed by atoms with Gasteiger partial charge in [0.05, 0.1) is 5.41 Å². The zero-order valence-corrected chi connectivity index (χ0v) is 18.5. The number of amides is 2. The lowest BCUT2D eigenvalue weighted by atomic mass is 9.73. The van der Waals surface area contributed by atoms with E-state index in [4.69, 9.17) is 9.47 Å². The molecule has 2 fully saturated rings. The van der Waals surface area contributed by atoms with Gasteiger partial charge in [-0.2, -0.15) is 0 Å². The lowest BCUT2D eigenvalue weighted by Crippen LogP contribution is -2.50. The third kappa shape index (κ3) is 5.30. The quantitative estimate of drug-likeness (QED) is 0.724. The van der Waals surface area contributed by atoms with E-state index < -0.39 is 5.41 Å². The summed E-state index contributed by atoms with van der Waals surface area (Å²) in [5, 5.41) is 3.23. The molecule has 0 radical (unpaired) electrons. The fourth-order valence-corrected chi connectivity index (χ4v) is 4.67. The number of piperidine rings is 1. The van der Waals surface area contributed by atoms with Crippen molar-refractivity contribution in [1.29, 1.82) is 0 Å². The van der Waals surface area contributed by atoms with Crippen molar-refractivity contribution in [3.05, 3.63) is 66.2 Å². The smallest absolute Gasteiger partial charge is 0.260 e. The molecule has 2 saturated heterocycles. The minimum atomic E-state index is -0.509. The van der Waals surface area contributed by atoms with Gasteiger partial charge in [-0.1, -0.05) is 48.5 Å². The number of likely N-dealkylation sites (tertiary alicyclic amines) is 1. The molecular weight excluding hydrogens is 404 g/mol. The van der Waals surface area contributed by atoms with Crippen LogP contribution in [-0.2, 0) is 19.7 Å². The molecule has 6 heteroatoms. The summed E-state index contributed by atoms with van der Waals surface area (Å²) in [4.78, 5) is 27.6. The van der Waals surface area contributed by atoms with Gasteiger partial charge in [0.2, 0.25) is 5.91 Å². The van der Waals surface area contributed by atoms with E-state index >= 15 is 0 Å². The van der Waals surface area contributed by atoms with Crippen LogP contribution < -0.4 is 10.1 Å². The fourth-order valence-electron chi connectivity index (χ4n) is 4.67. The van der Waals surface area contributed by atoms with Gasteiger partial charge in [0.15, 0.2) is 6.61 Å². The summed E-state index contributed by atoms with van der Waals surface area (Å²) in [5.74, 6) is 1.20. The molecule has 4 rings (SSSR count). The van der Waals surface area contributed by atoms with Crippen LogP contribution in [-0.4, -0.2) is 56.2 Å². The maximum atomic E-state index is 13.3. The highest BCUT2D eigenvalue weighted by Crippen LogP contribution is 2.35. The van der Waals surface area contributed by atoms with Crippen molar-refractivity contribution < 1.29 is 19.1 Å². The molecule has 0 unspecified atom stereocenters. The van der Waals surface area contributed by atoms with Crippen LogP contribution in [0.2, 0.25) is 0 Å². The molecule has 2 aliphatic rings. The Morgan fingerprint density at radius 1 is 0.969 bits per heavy atom. The molecule has 0 bridgehead atoms.